The first-order chi connectivity index (χ1) is 15.2. The molecule has 0 saturated carbocycles. The van der Waals surface area contributed by atoms with Crippen LogP contribution in [0.3, 0.4) is 0 Å². The molecule has 0 amide bonds. The van der Waals surface area contributed by atoms with Crippen molar-refractivity contribution in [1.29, 1.82) is 0 Å². The summed E-state index contributed by atoms with van der Waals surface area (Å²) in [7, 11) is 6.21. The van der Waals surface area contributed by atoms with E-state index in [1.165, 1.54) is 0 Å². The van der Waals surface area contributed by atoms with E-state index in [0.717, 1.165) is 44.1 Å². The zero-order valence-corrected chi connectivity index (χ0v) is 16.1. The van der Waals surface area contributed by atoms with E-state index in [4.69, 9.17) is 22.2 Å². The summed E-state index contributed by atoms with van der Waals surface area (Å²) >= 11 is 0. The molecule has 4 aromatic heterocycles. The van der Waals surface area contributed by atoms with E-state index in [2.05, 4.69) is 0 Å². The molecule has 0 aliphatic carbocycles. The minimum atomic E-state index is 0.174. The molecule has 0 bridgehead atoms. The number of aromatic hydroxyl groups is 1. The minimum absolute atomic E-state index is 0.174. The van der Waals surface area contributed by atoms with E-state index in [1.807, 2.05) is 69.6 Å². The third kappa shape index (κ3) is 2.12. The predicted molar refractivity (Wildman–Crippen MR) is 122 cm³/mol. The highest BCUT2D eigenvalue weighted by atomic mass is 16.3. The molecule has 0 aliphatic rings. The van der Waals surface area contributed by atoms with Crippen LogP contribution < -0.4 is 5.46 Å². The topological polar surface area (TPSA) is 68.5 Å². The molecule has 144 valence electrons. The summed E-state index contributed by atoms with van der Waals surface area (Å²) in [5.74, 6) is 1.53. The minimum Gasteiger partial charge on any atom is -0.508 e. The molecule has 7 heteroatoms. The maximum Gasteiger partial charge on any atom is 0.221 e. The van der Waals surface area contributed by atoms with Gasteiger partial charge in [0.2, 0.25) is 5.78 Å². The number of pyridine rings is 1. The predicted octanol–water partition coefficient (Wildman–Crippen LogP) is 4.23. The van der Waals surface area contributed by atoms with Gasteiger partial charge < -0.3 is 9.52 Å². The van der Waals surface area contributed by atoms with Gasteiger partial charge in [0, 0.05) is 11.5 Å². The Bertz CT molecular complexity index is 1830. The van der Waals surface area contributed by atoms with Crippen LogP contribution >= 0.6 is 0 Å². The maximum atomic E-state index is 10.2. The lowest BCUT2D eigenvalue weighted by atomic mass is 9.95. The summed E-state index contributed by atoms with van der Waals surface area (Å²) in [5.41, 5.74) is 6.24. The third-order valence-electron chi connectivity index (χ3n) is 5.77. The number of imidazole rings is 2. The Balaban J connectivity index is 1.66. The molecule has 7 rings (SSSR count). The van der Waals surface area contributed by atoms with Gasteiger partial charge in [-0.3, -0.25) is 8.97 Å². The smallest absolute Gasteiger partial charge is 0.221 e. The first kappa shape index (κ1) is 16.5. The quantitative estimate of drug-likeness (QED) is 0.419. The van der Waals surface area contributed by atoms with Gasteiger partial charge >= 0.3 is 0 Å². The molecule has 0 saturated heterocycles. The first-order valence-corrected chi connectivity index (χ1v) is 9.88. The Hall–Kier alpha value is -4.26. The summed E-state index contributed by atoms with van der Waals surface area (Å²) in [4.78, 5) is 9.78. The van der Waals surface area contributed by atoms with E-state index in [0.29, 0.717) is 17.1 Å². The van der Waals surface area contributed by atoms with Crippen LogP contribution in [-0.2, 0) is 0 Å². The summed E-state index contributed by atoms with van der Waals surface area (Å²) in [6.45, 7) is 0. The van der Waals surface area contributed by atoms with Crippen molar-refractivity contribution in [2.24, 2.45) is 0 Å². The second-order valence-electron chi connectivity index (χ2n) is 7.59. The molecule has 7 aromatic rings. The largest absolute Gasteiger partial charge is 0.508 e. The molecule has 1 N–H and O–H groups in total. The van der Waals surface area contributed by atoms with Gasteiger partial charge in [-0.2, -0.15) is 0 Å². The van der Waals surface area contributed by atoms with Crippen LogP contribution in [0.2, 0.25) is 0 Å². The number of para-hydroxylation sites is 2. The fourth-order valence-electron chi connectivity index (χ4n) is 4.42. The summed E-state index contributed by atoms with van der Waals surface area (Å²) < 4.78 is 9.92. The number of hydrogen-bond donors (Lipinski definition) is 1. The van der Waals surface area contributed by atoms with Crippen molar-refractivity contribution in [3.63, 3.8) is 0 Å². The van der Waals surface area contributed by atoms with Gasteiger partial charge in [0.1, 0.15) is 30.5 Å². The lowest BCUT2D eigenvalue weighted by Gasteiger charge is -2.05. The lowest BCUT2D eigenvalue weighted by molar-refractivity contribution is 0.476. The molecule has 6 nitrogen and oxygen atoms in total. The van der Waals surface area contributed by atoms with Crippen molar-refractivity contribution in [3.8, 4) is 11.6 Å². The number of phenols is 1. The summed E-state index contributed by atoms with van der Waals surface area (Å²) in [6, 6.07) is 22.7. The van der Waals surface area contributed by atoms with Gasteiger partial charge in [0.05, 0.1) is 22.1 Å². The van der Waals surface area contributed by atoms with E-state index < -0.39 is 0 Å². The van der Waals surface area contributed by atoms with Crippen molar-refractivity contribution in [1.82, 2.24) is 18.9 Å². The van der Waals surface area contributed by atoms with Crippen molar-refractivity contribution in [2.75, 3.05) is 0 Å². The Kier molecular flexibility index (Phi) is 3.02. The first-order valence-electron chi connectivity index (χ1n) is 9.88. The molecule has 4 heterocycles. The molecule has 0 unspecified atom stereocenters. The SMILES string of the molecule is [B]c1cccc2c1nc1n(-c3ccc4oc5ccccc5c4n3)c3cc(O)ccc3n21. The van der Waals surface area contributed by atoms with Crippen molar-refractivity contribution in [2.45, 2.75) is 0 Å². The third-order valence-corrected chi connectivity index (χ3v) is 5.77. The number of aromatic nitrogens is 4. The van der Waals surface area contributed by atoms with Crippen LogP contribution in [0.1, 0.15) is 0 Å². The molecule has 0 spiro atoms. The number of furan rings is 1. The molecule has 3 aromatic carbocycles. The average molecular weight is 400 g/mol. The van der Waals surface area contributed by atoms with Crippen LogP contribution in [0.15, 0.2) is 77.2 Å². The highest BCUT2D eigenvalue weighted by Gasteiger charge is 2.20. The zero-order chi connectivity index (χ0) is 20.7. The lowest BCUT2D eigenvalue weighted by Crippen LogP contribution is -2.03. The summed E-state index contributed by atoms with van der Waals surface area (Å²) in [6.07, 6.45) is 0. The number of nitrogens with zero attached hydrogens (tertiary/aromatic N) is 4. The Labute approximate surface area is 176 Å². The maximum absolute atomic E-state index is 10.2. The van der Waals surface area contributed by atoms with Crippen LogP contribution in [0, 0.1) is 0 Å². The van der Waals surface area contributed by atoms with Crippen molar-refractivity contribution in [3.05, 3.63) is 72.8 Å². The van der Waals surface area contributed by atoms with Crippen LogP contribution in [0.4, 0.5) is 0 Å². The second-order valence-corrected chi connectivity index (χ2v) is 7.59. The Morgan fingerprint density at radius 3 is 2.61 bits per heavy atom. The van der Waals surface area contributed by atoms with E-state index >= 15 is 0 Å². The van der Waals surface area contributed by atoms with Gasteiger partial charge in [-0.05, 0) is 42.5 Å². The Morgan fingerprint density at radius 2 is 1.68 bits per heavy atom. The second kappa shape index (κ2) is 5.67. The van der Waals surface area contributed by atoms with Gasteiger partial charge in [0.15, 0.2) is 5.58 Å². The fourth-order valence-corrected chi connectivity index (χ4v) is 4.42. The molecule has 0 fully saturated rings. The van der Waals surface area contributed by atoms with Gasteiger partial charge in [0.25, 0.3) is 0 Å². The normalized spacial score (nSPS) is 12.1. The average Bonchev–Trinajstić information content (AvgIpc) is 3.42. The molecule has 0 atom stereocenters. The van der Waals surface area contributed by atoms with E-state index in [-0.39, 0.29) is 5.75 Å². The van der Waals surface area contributed by atoms with Crippen molar-refractivity contribution < 1.29 is 9.52 Å². The molecule has 0 aliphatic heterocycles. The zero-order valence-electron chi connectivity index (χ0n) is 16.1. The van der Waals surface area contributed by atoms with Gasteiger partial charge in [-0.1, -0.05) is 29.7 Å². The molecule has 2 radical (unpaired) electrons. The van der Waals surface area contributed by atoms with Crippen LogP contribution in [0.25, 0.3) is 55.7 Å². The molecule has 31 heavy (non-hydrogen) atoms. The fraction of sp³-hybridized carbons (Fsp3) is 0. The van der Waals surface area contributed by atoms with Gasteiger partial charge in [-0.15, -0.1) is 0 Å². The number of rotatable bonds is 1. The highest BCUT2D eigenvalue weighted by molar-refractivity contribution is 6.38. The van der Waals surface area contributed by atoms with Crippen LogP contribution in [-0.4, -0.2) is 31.9 Å². The number of phenolic OH excluding ortho intramolecular Hbond substituents is 1. The Morgan fingerprint density at radius 1 is 0.774 bits per heavy atom. The summed E-state index contributed by atoms with van der Waals surface area (Å²) in [5, 5.41) is 11.2. The van der Waals surface area contributed by atoms with Crippen molar-refractivity contribution >= 4 is 63.2 Å². The monoisotopic (exact) mass is 400 g/mol. The highest BCUT2D eigenvalue weighted by Crippen LogP contribution is 2.32. The standard InChI is InChI=1S/C24H13BN4O2/c25-15-5-3-6-17-23(15)27-24-28(17)16-9-8-13(30)12-18(16)29(24)21-11-10-20-22(26-21)14-4-1-2-7-19(14)31-20/h1-12,30H. The number of hydrogen-bond acceptors (Lipinski definition) is 4. The molecular weight excluding hydrogens is 387 g/mol. The molecular formula is C24H13BN4O2. The number of fused-ring (bicyclic) bond motifs is 8. The van der Waals surface area contributed by atoms with E-state index in [1.54, 1.807) is 12.1 Å². The van der Waals surface area contributed by atoms with E-state index in [9.17, 15) is 5.11 Å². The van der Waals surface area contributed by atoms with Gasteiger partial charge in [-0.25, -0.2) is 9.97 Å². The number of benzene rings is 3. The van der Waals surface area contributed by atoms with Crippen LogP contribution in [0.5, 0.6) is 5.75 Å².